The van der Waals surface area contributed by atoms with E-state index in [-0.39, 0.29) is 18.4 Å². The van der Waals surface area contributed by atoms with Gasteiger partial charge in [0.2, 0.25) is 15.9 Å². The first-order valence-corrected chi connectivity index (χ1v) is 10.7. The number of allylic oxidation sites excluding steroid dienone is 1. The van der Waals surface area contributed by atoms with E-state index in [1.807, 2.05) is 43.3 Å². The summed E-state index contributed by atoms with van der Waals surface area (Å²) in [6.45, 7) is 4.28. The van der Waals surface area contributed by atoms with Crippen LogP contribution in [0.1, 0.15) is 37.3 Å². The molecular weight excluding hydrogens is 352 g/mol. The molecule has 2 aliphatic heterocycles. The molecule has 1 N–H and O–H groups in total. The van der Waals surface area contributed by atoms with Crippen LogP contribution < -0.4 is 0 Å². The van der Waals surface area contributed by atoms with Crippen molar-refractivity contribution in [2.24, 2.45) is 0 Å². The van der Waals surface area contributed by atoms with Crippen LogP contribution in [0.3, 0.4) is 0 Å². The van der Waals surface area contributed by atoms with Gasteiger partial charge in [-0.25, -0.2) is 8.42 Å². The number of nitrogens with zero attached hydrogens (tertiary/aromatic N) is 2. The molecule has 1 spiro atoms. The first kappa shape index (κ1) is 19.1. The predicted molar refractivity (Wildman–Crippen MR) is 101 cm³/mol. The van der Waals surface area contributed by atoms with E-state index >= 15 is 0 Å². The number of benzene rings is 1. The molecule has 0 radical (unpaired) electrons. The number of aliphatic hydroxyl groups is 1. The smallest absolute Gasteiger partial charge is 0.222 e. The minimum absolute atomic E-state index is 0.0266. The molecule has 0 saturated carbocycles. The molecule has 0 unspecified atom stereocenters. The van der Waals surface area contributed by atoms with E-state index < -0.39 is 21.6 Å². The number of amides is 1. The lowest BCUT2D eigenvalue weighted by atomic mass is 9.62. The molecule has 2 fully saturated rings. The van der Waals surface area contributed by atoms with Crippen molar-refractivity contribution in [2.45, 2.75) is 37.8 Å². The van der Waals surface area contributed by atoms with Crippen molar-refractivity contribution in [3.63, 3.8) is 0 Å². The Morgan fingerprint density at radius 3 is 2.38 bits per heavy atom. The average molecular weight is 378 g/mol. The van der Waals surface area contributed by atoms with Gasteiger partial charge >= 0.3 is 0 Å². The summed E-state index contributed by atoms with van der Waals surface area (Å²) in [6, 6.07) is 7.49. The summed E-state index contributed by atoms with van der Waals surface area (Å²) in [4.78, 5) is 13.7. The zero-order chi connectivity index (χ0) is 19.1. The van der Waals surface area contributed by atoms with Gasteiger partial charge in [-0.1, -0.05) is 43.3 Å². The Kier molecular flexibility index (Phi) is 4.98. The molecule has 2 heterocycles. The summed E-state index contributed by atoms with van der Waals surface area (Å²) in [5, 5.41) is 9.87. The first-order chi connectivity index (χ1) is 12.3. The molecule has 7 heteroatoms. The summed E-state index contributed by atoms with van der Waals surface area (Å²) in [6.07, 6.45) is 5.54. The van der Waals surface area contributed by atoms with Gasteiger partial charge in [0, 0.05) is 25.4 Å². The molecule has 0 aromatic heterocycles. The van der Waals surface area contributed by atoms with E-state index in [9.17, 15) is 18.3 Å². The lowest BCUT2D eigenvalue weighted by Crippen LogP contribution is -2.85. The van der Waals surface area contributed by atoms with Crippen molar-refractivity contribution in [3.05, 3.63) is 41.5 Å². The van der Waals surface area contributed by atoms with Crippen LogP contribution in [0.2, 0.25) is 0 Å². The predicted octanol–water partition coefficient (Wildman–Crippen LogP) is 1.43. The molecule has 3 rings (SSSR count). The van der Waals surface area contributed by atoms with Gasteiger partial charge in [-0.2, -0.15) is 4.31 Å². The first-order valence-electron chi connectivity index (χ1n) is 8.89. The summed E-state index contributed by atoms with van der Waals surface area (Å²) < 4.78 is 26.1. The van der Waals surface area contributed by atoms with Gasteiger partial charge in [-0.05, 0) is 18.1 Å². The van der Waals surface area contributed by atoms with E-state index in [2.05, 4.69) is 0 Å². The van der Waals surface area contributed by atoms with Gasteiger partial charge < -0.3 is 10.0 Å². The highest BCUT2D eigenvalue weighted by Crippen LogP contribution is 2.55. The largest absolute Gasteiger partial charge is 0.395 e. The second-order valence-electron chi connectivity index (χ2n) is 7.16. The molecular formula is C19H26N2O4S. The van der Waals surface area contributed by atoms with E-state index in [0.29, 0.717) is 19.5 Å². The standard InChI is InChI=1S/C19H26N2O4S/c1-4-6-14-7-9-15(10-8-14)18-16(11-22)21(26(3,24)25)19(18)12-20(13-19)17(23)5-2/h4,6-10,16,18,22H,5,11-13H2,1-3H3/b6-4+/t16-,18+/m0/s1. The Balaban J connectivity index is 1.95. The van der Waals surface area contributed by atoms with Crippen molar-refractivity contribution in [1.29, 1.82) is 0 Å². The van der Waals surface area contributed by atoms with Gasteiger partial charge in [0.15, 0.2) is 0 Å². The van der Waals surface area contributed by atoms with Crippen LogP contribution in [0.25, 0.3) is 6.08 Å². The highest BCUT2D eigenvalue weighted by atomic mass is 32.2. The molecule has 26 heavy (non-hydrogen) atoms. The third kappa shape index (κ3) is 2.88. The number of rotatable bonds is 5. The Labute approximate surface area is 155 Å². The third-order valence-electron chi connectivity index (χ3n) is 5.49. The zero-order valence-electron chi connectivity index (χ0n) is 15.4. The fourth-order valence-electron chi connectivity index (χ4n) is 4.52. The van der Waals surface area contributed by atoms with Crippen molar-refractivity contribution in [1.82, 2.24) is 9.21 Å². The van der Waals surface area contributed by atoms with Crippen molar-refractivity contribution >= 4 is 22.0 Å². The number of likely N-dealkylation sites (tertiary alicyclic amines) is 1. The minimum atomic E-state index is -3.49. The molecule has 0 bridgehead atoms. The van der Waals surface area contributed by atoms with Crippen LogP contribution >= 0.6 is 0 Å². The molecule has 1 aromatic carbocycles. The average Bonchev–Trinajstić information content (AvgIpc) is 2.53. The van der Waals surface area contributed by atoms with E-state index in [1.54, 1.807) is 11.8 Å². The Morgan fingerprint density at radius 2 is 1.92 bits per heavy atom. The van der Waals surface area contributed by atoms with Crippen molar-refractivity contribution in [2.75, 3.05) is 26.0 Å². The topological polar surface area (TPSA) is 77.9 Å². The fraction of sp³-hybridized carbons (Fsp3) is 0.526. The SMILES string of the molecule is C/C=C/c1ccc([C@@H]2[C@H](CO)N(S(C)(=O)=O)C23CN(C(=O)CC)C3)cc1. The van der Waals surface area contributed by atoms with Crippen LogP contribution in [-0.2, 0) is 14.8 Å². The summed E-state index contributed by atoms with van der Waals surface area (Å²) in [5.74, 6) is -0.0958. The third-order valence-corrected chi connectivity index (χ3v) is 6.84. The molecule has 1 amide bonds. The lowest BCUT2D eigenvalue weighted by molar-refractivity contribution is -0.167. The van der Waals surface area contributed by atoms with Crippen LogP contribution in [-0.4, -0.2) is 66.2 Å². The minimum Gasteiger partial charge on any atom is -0.395 e. The van der Waals surface area contributed by atoms with E-state index in [4.69, 9.17) is 0 Å². The molecule has 2 atom stereocenters. The van der Waals surface area contributed by atoms with Gasteiger partial charge in [0.1, 0.15) is 0 Å². The normalized spacial score (nSPS) is 25.3. The second-order valence-corrected chi connectivity index (χ2v) is 9.02. The van der Waals surface area contributed by atoms with Crippen molar-refractivity contribution < 1.29 is 18.3 Å². The number of sulfonamides is 1. The van der Waals surface area contributed by atoms with E-state index in [1.165, 1.54) is 10.6 Å². The van der Waals surface area contributed by atoms with Gasteiger partial charge in [-0.15, -0.1) is 0 Å². The van der Waals surface area contributed by atoms with Crippen LogP contribution in [0, 0.1) is 0 Å². The highest BCUT2D eigenvalue weighted by Gasteiger charge is 2.69. The van der Waals surface area contributed by atoms with E-state index in [0.717, 1.165) is 11.1 Å². The molecule has 6 nitrogen and oxygen atoms in total. The number of aliphatic hydroxyl groups excluding tert-OH is 1. The maximum absolute atomic E-state index is 12.4. The molecule has 142 valence electrons. The monoisotopic (exact) mass is 378 g/mol. The fourth-order valence-corrected chi connectivity index (χ4v) is 6.09. The molecule has 1 aromatic rings. The Bertz CT molecular complexity index is 810. The lowest BCUT2D eigenvalue weighted by Gasteiger charge is -2.69. The quantitative estimate of drug-likeness (QED) is 0.841. The number of hydrogen-bond acceptors (Lipinski definition) is 4. The molecule has 2 aliphatic rings. The number of hydrogen-bond donors (Lipinski definition) is 1. The van der Waals surface area contributed by atoms with Gasteiger partial charge in [0.05, 0.1) is 24.4 Å². The maximum Gasteiger partial charge on any atom is 0.222 e. The zero-order valence-corrected chi connectivity index (χ0v) is 16.2. The number of carbonyl (C=O) groups excluding carboxylic acids is 1. The second kappa shape index (κ2) is 6.79. The van der Waals surface area contributed by atoms with Crippen molar-refractivity contribution in [3.8, 4) is 0 Å². The van der Waals surface area contributed by atoms with Crippen LogP contribution in [0.15, 0.2) is 30.3 Å². The highest BCUT2D eigenvalue weighted by molar-refractivity contribution is 7.88. The maximum atomic E-state index is 12.4. The van der Waals surface area contributed by atoms with Gasteiger partial charge in [-0.3, -0.25) is 4.79 Å². The Hall–Kier alpha value is -1.70. The summed E-state index contributed by atoms with van der Waals surface area (Å²) in [5.41, 5.74) is 1.43. The molecule has 0 aliphatic carbocycles. The summed E-state index contributed by atoms with van der Waals surface area (Å²) >= 11 is 0. The summed E-state index contributed by atoms with van der Waals surface area (Å²) in [7, 11) is -3.49. The Morgan fingerprint density at radius 1 is 1.31 bits per heavy atom. The number of carbonyl (C=O) groups is 1. The molecule has 2 saturated heterocycles. The van der Waals surface area contributed by atoms with Crippen LogP contribution in [0.4, 0.5) is 0 Å². The van der Waals surface area contributed by atoms with Gasteiger partial charge in [0.25, 0.3) is 0 Å². The van der Waals surface area contributed by atoms with Crippen LogP contribution in [0.5, 0.6) is 0 Å².